The van der Waals surface area contributed by atoms with Gasteiger partial charge in [0.25, 0.3) is 0 Å². The molecule has 0 amide bonds. The molecule has 0 aromatic carbocycles. The molecule has 0 unspecified atom stereocenters. The van der Waals surface area contributed by atoms with Crippen LogP contribution in [-0.4, -0.2) is 82.0 Å². The number of hydrogen-bond donors (Lipinski definition) is 0. The van der Waals surface area contributed by atoms with Crippen molar-refractivity contribution in [3.8, 4) is 0 Å². The molecule has 0 fully saturated rings. The second kappa shape index (κ2) is 18.4. The van der Waals surface area contributed by atoms with Gasteiger partial charge in [0.1, 0.15) is 0 Å². The Bertz CT molecular complexity index is 127. The Hall–Kier alpha value is 2.33. The van der Waals surface area contributed by atoms with Crippen molar-refractivity contribution in [3.63, 3.8) is 0 Å². The molecule has 114 valence electrons. The van der Waals surface area contributed by atoms with Gasteiger partial charge in [-0.25, -0.2) is 0 Å². The topological polar surface area (TPSA) is 0 Å². The van der Waals surface area contributed by atoms with Crippen LogP contribution in [0.25, 0.3) is 0 Å². The van der Waals surface area contributed by atoms with Gasteiger partial charge in [-0.3, -0.25) is 0 Å². The third-order valence-electron chi connectivity index (χ3n) is 3.94. The predicted molar refractivity (Wildman–Crippen MR) is 102 cm³/mol. The second-order valence-electron chi connectivity index (χ2n) is 5.65. The standard InChI is InChI=1S/C16H36N.HI.K.H/c1-5-9-13-17(14-10-6-2,15-11-7-3)16-12-8-4;;;/h5-16H2,1-4H3;1H;;/q+1;;;. The van der Waals surface area contributed by atoms with E-state index in [1.54, 1.807) is 0 Å². The average molecular weight is 410 g/mol. The monoisotopic (exact) mass is 410 g/mol. The molecule has 1 nitrogen and oxygen atoms in total. The van der Waals surface area contributed by atoms with Crippen LogP contribution in [0.2, 0.25) is 0 Å². The fraction of sp³-hybridized carbons (Fsp3) is 1.00. The van der Waals surface area contributed by atoms with Crippen LogP contribution in [0.3, 0.4) is 0 Å². The first-order valence-corrected chi connectivity index (χ1v) is 8.09. The Morgan fingerprint density at radius 2 is 0.737 bits per heavy atom. The zero-order valence-corrected chi connectivity index (χ0v) is 15.7. The van der Waals surface area contributed by atoms with E-state index >= 15 is 0 Å². The molecular weight excluding hydrogens is 372 g/mol. The van der Waals surface area contributed by atoms with Crippen molar-refractivity contribution in [2.75, 3.05) is 26.2 Å². The van der Waals surface area contributed by atoms with Crippen molar-refractivity contribution >= 4 is 75.4 Å². The van der Waals surface area contributed by atoms with Crippen LogP contribution in [0.1, 0.15) is 79.1 Å². The zero-order valence-electron chi connectivity index (χ0n) is 13.3. The van der Waals surface area contributed by atoms with E-state index in [-0.39, 0.29) is 75.4 Å². The average Bonchev–Trinajstić information content (AvgIpc) is 2.37. The van der Waals surface area contributed by atoms with E-state index in [1.165, 1.54) is 82.0 Å². The summed E-state index contributed by atoms with van der Waals surface area (Å²) in [5.41, 5.74) is 0. The molecule has 0 bridgehead atoms. The fourth-order valence-electron chi connectivity index (χ4n) is 2.64. The van der Waals surface area contributed by atoms with Gasteiger partial charge in [-0.15, -0.1) is 24.0 Å². The van der Waals surface area contributed by atoms with Crippen LogP contribution in [0.5, 0.6) is 0 Å². The third-order valence-corrected chi connectivity index (χ3v) is 3.94. The zero-order chi connectivity index (χ0) is 13.0. The van der Waals surface area contributed by atoms with Crippen molar-refractivity contribution in [1.29, 1.82) is 0 Å². The van der Waals surface area contributed by atoms with E-state index in [2.05, 4.69) is 27.7 Å². The summed E-state index contributed by atoms with van der Waals surface area (Å²) in [5.74, 6) is 0. The maximum atomic E-state index is 2.33. The van der Waals surface area contributed by atoms with E-state index in [9.17, 15) is 0 Å². The van der Waals surface area contributed by atoms with Gasteiger partial charge < -0.3 is 4.48 Å². The molecule has 0 aliphatic carbocycles. The van der Waals surface area contributed by atoms with Crippen molar-refractivity contribution < 1.29 is 4.48 Å². The second-order valence-corrected chi connectivity index (χ2v) is 5.65. The molecule has 0 saturated heterocycles. The normalized spacial score (nSPS) is 10.7. The van der Waals surface area contributed by atoms with Crippen LogP contribution >= 0.6 is 24.0 Å². The Morgan fingerprint density at radius 1 is 0.526 bits per heavy atom. The minimum atomic E-state index is 0. The van der Waals surface area contributed by atoms with E-state index in [4.69, 9.17) is 0 Å². The third kappa shape index (κ3) is 13.7. The summed E-state index contributed by atoms with van der Waals surface area (Å²) in [6.45, 7) is 15.0. The molecule has 0 aliphatic rings. The number of halogens is 1. The summed E-state index contributed by atoms with van der Waals surface area (Å²) in [6.07, 6.45) is 11.1. The maximum absolute atomic E-state index is 2.33. The van der Waals surface area contributed by atoms with Crippen molar-refractivity contribution in [2.45, 2.75) is 79.1 Å². The summed E-state index contributed by atoms with van der Waals surface area (Å²) in [7, 11) is 0. The summed E-state index contributed by atoms with van der Waals surface area (Å²) in [6, 6.07) is 0. The Balaban J connectivity index is -0.00000128. The van der Waals surface area contributed by atoms with Crippen LogP contribution in [0, 0.1) is 0 Å². The fourth-order valence-corrected chi connectivity index (χ4v) is 2.64. The molecule has 0 aliphatic heterocycles. The van der Waals surface area contributed by atoms with Crippen LogP contribution in [0.15, 0.2) is 0 Å². The number of rotatable bonds is 12. The predicted octanol–water partition coefficient (Wildman–Crippen LogP) is 4.97. The molecule has 0 heterocycles. The van der Waals surface area contributed by atoms with Crippen LogP contribution in [-0.2, 0) is 0 Å². The minimum absolute atomic E-state index is 0. The SMILES string of the molecule is CCCC[N+](CCCC)(CCCC)CCCC.I.[KH]. The number of unbranched alkanes of at least 4 members (excludes halogenated alkanes) is 4. The summed E-state index contributed by atoms with van der Waals surface area (Å²) >= 11 is 0. The van der Waals surface area contributed by atoms with E-state index in [0.717, 1.165) is 0 Å². The van der Waals surface area contributed by atoms with Gasteiger partial charge in [-0.2, -0.15) is 0 Å². The molecule has 0 N–H and O–H groups in total. The summed E-state index contributed by atoms with van der Waals surface area (Å²) < 4.78 is 1.42. The molecule has 19 heavy (non-hydrogen) atoms. The van der Waals surface area contributed by atoms with E-state index < -0.39 is 0 Å². The Morgan fingerprint density at radius 3 is 0.895 bits per heavy atom. The molecule has 0 aromatic heterocycles. The van der Waals surface area contributed by atoms with Crippen LogP contribution < -0.4 is 0 Å². The number of quaternary nitrogens is 1. The van der Waals surface area contributed by atoms with Crippen molar-refractivity contribution in [1.82, 2.24) is 0 Å². The molecule has 0 saturated carbocycles. The van der Waals surface area contributed by atoms with Gasteiger partial charge >= 0.3 is 51.4 Å². The van der Waals surface area contributed by atoms with Gasteiger partial charge in [0.15, 0.2) is 0 Å². The first-order valence-electron chi connectivity index (χ1n) is 8.09. The Labute approximate surface area is 182 Å². The van der Waals surface area contributed by atoms with Gasteiger partial charge in [-0.05, 0) is 25.7 Å². The number of hydrogen-bond acceptors (Lipinski definition) is 0. The van der Waals surface area contributed by atoms with E-state index in [0.29, 0.717) is 0 Å². The molecular formula is C16H38IKN+. The van der Waals surface area contributed by atoms with Gasteiger partial charge in [-0.1, -0.05) is 53.4 Å². The molecule has 0 aromatic rings. The Kier molecular flexibility index (Phi) is 25.4. The molecule has 0 rings (SSSR count). The van der Waals surface area contributed by atoms with Crippen molar-refractivity contribution in [3.05, 3.63) is 0 Å². The van der Waals surface area contributed by atoms with Crippen LogP contribution in [0.4, 0.5) is 0 Å². The first-order chi connectivity index (χ1) is 8.24. The van der Waals surface area contributed by atoms with Crippen molar-refractivity contribution in [2.24, 2.45) is 0 Å². The van der Waals surface area contributed by atoms with E-state index in [1.807, 2.05) is 0 Å². The quantitative estimate of drug-likeness (QED) is 0.242. The molecule has 0 spiro atoms. The molecule has 0 radical (unpaired) electrons. The number of nitrogens with zero attached hydrogens (tertiary/aromatic N) is 1. The summed E-state index contributed by atoms with van der Waals surface area (Å²) in [5, 5.41) is 0. The van der Waals surface area contributed by atoms with Gasteiger partial charge in [0.2, 0.25) is 0 Å². The molecule has 0 atom stereocenters. The summed E-state index contributed by atoms with van der Waals surface area (Å²) in [4.78, 5) is 0. The van der Waals surface area contributed by atoms with Gasteiger partial charge in [0.05, 0.1) is 26.2 Å². The molecule has 3 heteroatoms. The first kappa shape index (κ1) is 26.2. The van der Waals surface area contributed by atoms with Gasteiger partial charge in [0, 0.05) is 0 Å².